The van der Waals surface area contributed by atoms with E-state index in [1.165, 1.54) is 6.21 Å². The minimum atomic E-state index is -0.327. The number of hydrogen-bond donors (Lipinski definition) is 2. The molecule has 6 nitrogen and oxygen atoms in total. The number of nitrogens with zero attached hydrogens (tertiary/aromatic N) is 1. The Kier molecular flexibility index (Phi) is 7.04. The standard InChI is InChI=1S/C20H16Cl3N3O3/c1-28-19-5-3-2-4-17(19)24-11-20(27)26-25-10-12-6-7-18(29-12)13-8-15(22)16(23)9-14(13)21/h2-10,24H,11H2,1H3,(H,26,27)/b25-10-. The summed E-state index contributed by atoms with van der Waals surface area (Å²) in [5.74, 6) is 1.25. The number of para-hydroxylation sites is 2. The molecule has 0 bridgehead atoms. The summed E-state index contributed by atoms with van der Waals surface area (Å²) < 4.78 is 10.9. The molecule has 0 radical (unpaired) electrons. The highest BCUT2D eigenvalue weighted by Gasteiger charge is 2.11. The van der Waals surface area contributed by atoms with Crippen molar-refractivity contribution in [3.05, 3.63) is 69.4 Å². The third kappa shape index (κ3) is 5.44. The second-order valence-electron chi connectivity index (χ2n) is 5.80. The van der Waals surface area contributed by atoms with Crippen LogP contribution >= 0.6 is 34.8 Å². The monoisotopic (exact) mass is 451 g/mol. The van der Waals surface area contributed by atoms with E-state index >= 15 is 0 Å². The number of ether oxygens (including phenoxy) is 1. The molecule has 1 amide bonds. The van der Waals surface area contributed by atoms with Gasteiger partial charge in [0.1, 0.15) is 17.3 Å². The van der Waals surface area contributed by atoms with E-state index in [-0.39, 0.29) is 12.5 Å². The van der Waals surface area contributed by atoms with Gasteiger partial charge in [-0.3, -0.25) is 4.79 Å². The minimum absolute atomic E-state index is 0.0278. The first kappa shape index (κ1) is 21.0. The predicted molar refractivity (Wildman–Crippen MR) is 116 cm³/mol. The Labute approximate surface area is 182 Å². The van der Waals surface area contributed by atoms with E-state index in [4.69, 9.17) is 44.0 Å². The Bertz CT molecular complexity index is 1050. The molecule has 2 aromatic carbocycles. The van der Waals surface area contributed by atoms with Crippen LogP contribution in [0.2, 0.25) is 15.1 Å². The van der Waals surface area contributed by atoms with Crippen molar-refractivity contribution in [3.63, 3.8) is 0 Å². The highest BCUT2D eigenvalue weighted by molar-refractivity contribution is 6.44. The third-order valence-electron chi connectivity index (χ3n) is 3.83. The molecule has 150 valence electrons. The lowest BCUT2D eigenvalue weighted by atomic mass is 10.2. The summed E-state index contributed by atoms with van der Waals surface area (Å²) in [7, 11) is 1.56. The molecule has 0 atom stereocenters. The quantitative estimate of drug-likeness (QED) is 0.283. The zero-order chi connectivity index (χ0) is 20.8. The summed E-state index contributed by atoms with van der Waals surface area (Å²) >= 11 is 18.2. The molecule has 3 aromatic rings. The van der Waals surface area contributed by atoms with Crippen LogP contribution in [0.25, 0.3) is 11.3 Å². The molecule has 0 spiro atoms. The molecule has 0 saturated heterocycles. The molecule has 0 saturated carbocycles. The smallest absolute Gasteiger partial charge is 0.259 e. The van der Waals surface area contributed by atoms with Gasteiger partial charge in [-0.1, -0.05) is 46.9 Å². The van der Waals surface area contributed by atoms with Gasteiger partial charge >= 0.3 is 0 Å². The lowest BCUT2D eigenvalue weighted by Gasteiger charge is -2.09. The Balaban J connectivity index is 1.57. The number of hydrazone groups is 1. The fourth-order valence-electron chi connectivity index (χ4n) is 2.45. The average molecular weight is 453 g/mol. The first-order chi connectivity index (χ1) is 14.0. The van der Waals surface area contributed by atoms with Crippen LogP contribution in [-0.4, -0.2) is 25.8 Å². The average Bonchev–Trinajstić information content (AvgIpc) is 3.18. The number of benzene rings is 2. The van der Waals surface area contributed by atoms with Crippen LogP contribution in [0.3, 0.4) is 0 Å². The molecule has 1 heterocycles. The maximum Gasteiger partial charge on any atom is 0.259 e. The van der Waals surface area contributed by atoms with Crippen LogP contribution in [0.5, 0.6) is 5.75 Å². The Hall–Kier alpha value is -2.67. The number of amides is 1. The van der Waals surface area contributed by atoms with Crippen LogP contribution in [0.15, 0.2) is 58.0 Å². The van der Waals surface area contributed by atoms with Crippen LogP contribution in [0.4, 0.5) is 5.69 Å². The van der Waals surface area contributed by atoms with Crippen molar-refractivity contribution in [2.24, 2.45) is 5.10 Å². The largest absolute Gasteiger partial charge is 0.495 e. The van der Waals surface area contributed by atoms with Crippen LogP contribution < -0.4 is 15.5 Å². The SMILES string of the molecule is COc1ccccc1NCC(=O)N/N=C\c1ccc(-c2cc(Cl)c(Cl)cc2Cl)o1. The van der Waals surface area contributed by atoms with Crippen molar-refractivity contribution < 1.29 is 13.9 Å². The lowest BCUT2D eigenvalue weighted by Crippen LogP contribution is -2.26. The number of carbonyl (C=O) groups excluding carboxylic acids is 1. The molecule has 29 heavy (non-hydrogen) atoms. The second kappa shape index (κ2) is 9.69. The Morgan fingerprint density at radius 3 is 2.66 bits per heavy atom. The first-order valence-corrected chi connectivity index (χ1v) is 9.55. The normalized spacial score (nSPS) is 10.9. The van der Waals surface area contributed by atoms with Crippen molar-refractivity contribution >= 4 is 52.6 Å². The third-order valence-corrected chi connectivity index (χ3v) is 4.86. The molecule has 2 N–H and O–H groups in total. The van der Waals surface area contributed by atoms with Gasteiger partial charge in [0, 0.05) is 5.56 Å². The van der Waals surface area contributed by atoms with Crippen molar-refractivity contribution in [1.29, 1.82) is 0 Å². The van der Waals surface area contributed by atoms with Crippen molar-refractivity contribution in [3.8, 4) is 17.1 Å². The first-order valence-electron chi connectivity index (χ1n) is 8.41. The number of furan rings is 1. The maximum atomic E-state index is 11.9. The van der Waals surface area contributed by atoms with Gasteiger partial charge in [0.2, 0.25) is 0 Å². The topological polar surface area (TPSA) is 75.9 Å². The van der Waals surface area contributed by atoms with Gasteiger partial charge in [-0.25, -0.2) is 5.43 Å². The summed E-state index contributed by atoms with van der Waals surface area (Å²) in [6, 6.07) is 13.9. The fourth-order valence-corrected chi connectivity index (χ4v) is 3.09. The van der Waals surface area contributed by atoms with E-state index in [2.05, 4.69) is 15.8 Å². The van der Waals surface area contributed by atoms with Crippen molar-refractivity contribution in [2.45, 2.75) is 0 Å². The van der Waals surface area contributed by atoms with E-state index in [1.54, 1.807) is 37.4 Å². The van der Waals surface area contributed by atoms with Crippen LogP contribution in [0, 0.1) is 0 Å². The number of rotatable bonds is 7. The number of halogens is 3. The van der Waals surface area contributed by atoms with Crippen LogP contribution in [-0.2, 0) is 4.79 Å². The van der Waals surface area contributed by atoms with E-state index in [9.17, 15) is 4.79 Å². The van der Waals surface area contributed by atoms with Gasteiger partial charge in [0.05, 0.1) is 40.6 Å². The van der Waals surface area contributed by atoms with Gasteiger partial charge in [-0.15, -0.1) is 0 Å². The summed E-state index contributed by atoms with van der Waals surface area (Å²) in [5.41, 5.74) is 3.73. The summed E-state index contributed by atoms with van der Waals surface area (Å²) in [6.45, 7) is 0.0278. The van der Waals surface area contributed by atoms with E-state index in [0.717, 1.165) is 0 Å². The molecule has 0 aliphatic rings. The molecule has 3 rings (SSSR count). The van der Waals surface area contributed by atoms with E-state index in [1.807, 2.05) is 18.2 Å². The number of carbonyl (C=O) groups is 1. The maximum absolute atomic E-state index is 11.9. The summed E-state index contributed by atoms with van der Waals surface area (Å²) in [5, 5.41) is 8.01. The molecule has 0 aliphatic carbocycles. The van der Waals surface area contributed by atoms with Gasteiger partial charge < -0.3 is 14.5 Å². The Morgan fingerprint density at radius 2 is 1.86 bits per heavy atom. The van der Waals surface area contributed by atoms with Crippen LogP contribution in [0.1, 0.15) is 5.76 Å². The zero-order valence-corrected chi connectivity index (χ0v) is 17.5. The van der Waals surface area contributed by atoms with Gasteiger partial charge in [-0.05, 0) is 36.4 Å². The number of hydrogen-bond acceptors (Lipinski definition) is 5. The molecular weight excluding hydrogens is 437 g/mol. The predicted octanol–water partition coefficient (Wildman–Crippen LogP) is 5.48. The Morgan fingerprint density at radius 1 is 1.10 bits per heavy atom. The van der Waals surface area contributed by atoms with Crippen molar-refractivity contribution in [2.75, 3.05) is 19.0 Å². The minimum Gasteiger partial charge on any atom is -0.495 e. The molecule has 0 aliphatic heterocycles. The van der Waals surface area contributed by atoms with E-state index in [0.29, 0.717) is 43.6 Å². The number of anilines is 1. The molecule has 0 unspecified atom stereocenters. The molecule has 1 aromatic heterocycles. The van der Waals surface area contributed by atoms with Gasteiger partial charge in [-0.2, -0.15) is 5.10 Å². The molecular formula is C20H16Cl3N3O3. The van der Waals surface area contributed by atoms with Crippen molar-refractivity contribution in [1.82, 2.24) is 5.43 Å². The van der Waals surface area contributed by atoms with Gasteiger partial charge in [0.15, 0.2) is 0 Å². The highest BCUT2D eigenvalue weighted by atomic mass is 35.5. The van der Waals surface area contributed by atoms with E-state index < -0.39 is 0 Å². The number of nitrogens with one attached hydrogen (secondary N) is 2. The summed E-state index contributed by atoms with van der Waals surface area (Å²) in [4.78, 5) is 11.9. The summed E-state index contributed by atoms with van der Waals surface area (Å²) in [6.07, 6.45) is 1.38. The number of methoxy groups -OCH3 is 1. The zero-order valence-electron chi connectivity index (χ0n) is 15.2. The van der Waals surface area contributed by atoms with Gasteiger partial charge in [0.25, 0.3) is 5.91 Å². The molecule has 0 fully saturated rings. The lowest BCUT2D eigenvalue weighted by molar-refractivity contribution is -0.119. The molecule has 9 heteroatoms. The fraction of sp³-hybridized carbons (Fsp3) is 0.100. The second-order valence-corrected chi connectivity index (χ2v) is 7.02. The highest BCUT2D eigenvalue weighted by Crippen LogP contribution is 2.35.